The van der Waals surface area contributed by atoms with Crippen molar-refractivity contribution in [2.75, 3.05) is 20.1 Å². The van der Waals surface area contributed by atoms with E-state index in [0.717, 1.165) is 0 Å². The van der Waals surface area contributed by atoms with Crippen LogP contribution in [0.25, 0.3) is 0 Å². The van der Waals surface area contributed by atoms with Crippen LogP contribution >= 0.6 is 23.2 Å². The van der Waals surface area contributed by atoms with Gasteiger partial charge in [-0.05, 0) is 39.1 Å². The zero-order valence-electron chi connectivity index (χ0n) is 11.7. The van der Waals surface area contributed by atoms with Gasteiger partial charge in [-0.1, -0.05) is 23.2 Å². The minimum atomic E-state index is -3.53. The van der Waals surface area contributed by atoms with Crippen molar-refractivity contribution >= 4 is 33.2 Å². The number of halogens is 2. The molecule has 1 saturated heterocycles. The molecule has 1 aromatic rings. The summed E-state index contributed by atoms with van der Waals surface area (Å²) in [6.07, 6.45) is 0. The van der Waals surface area contributed by atoms with Crippen molar-refractivity contribution in [1.82, 2.24) is 9.21 Å². The van der Waals surface area contributed by atoms with E-state index in [1.807, 2.05) is 20.9 Å². The summed E-state index contributed by atoms with van der Waals surface area (Å²) in [5, 5.41) is 0.605. The Bertz CT molecular complexity index is 594. The average molecular weight is 337 g/mol. The molecule has 0 aromatic heterocycles. The molecule has 0 radical (unpaired) electrons. The van der Waals surface area contributed by atoms with Gasteiger partial charge in [0.2, 0.25) is 10.0 Å². The largest absolute Gasteiger partial charge is 0.298 e. The van der Waals surface area contributed by atoms with Gasteiger partial charge in [0.05, 0.1) is 14.9 Å². The SMILES string of the molecule is CC1CN(S(=O)(=O)c2ccc(Cl)c(Cl)c2)CC(C)N1C. The maximum atomic E-state index is 12.7. The number of piperazine rings is 1. The van der Waals surface area contributed by atoms with Gasteiger partial charge in [-0.15, -0.1) is 0 Å². The van der Waals surface area contributed by atoms with E-state index in [1.165, 1.54) is 22.5 Å². The van der Waals surface area contributed by atoms with E-state index < -0.39 is 10.0 Å². The highest BCUT2D eigenvalue weighted by Gasteiger charge is 2.34. The second-order valence-corrected chi connectivity index (χ2v) is 8.01. The minimum absolute atomic E-state index is 0.177. The summed E-state index contributed by atoms with van der Waals surface area (Å²) in [5.74, 6) is 0. The molecule has 20 heavy (non-hydrogen) atoms. The third-order valence-electron chi connectivity index (χ3n) is 3.86. The maximum Gasteiger partial charge on any atom is 0.243 e. The monoisotopic (exact) mass is 336 g/mol. The van der Waals surface area contributed by atoms with Gasteiger partial charge in [0.25, 0.3) is 0 Å². The van der Waals surface area contributed by atoms with Crippen molar-refractivity contribution < 1.29 is 8.42 Å². The van der Waals surface area contributed by atoms with Crippen LogP contribution in [0.3, 0.4) is 0 Å². The molecule has 2 rings (SSSR count). The molecular formula is C13H18Cl2N2O2S. The molecule has 0 spiro atoms. The molecule has 2 atom stereocenters. The summed E-state index contributed by atoms with van der Waals surface area (Å²) in [7, 11) is -1.51. The molecular weight excluding hydrogens is 319 g/mol. The van der Waals surface area contributed by atoms with Gasteiger partial charge in [-0.25, -0.2) is 8.42 Å². The fraction of sp³-hybridized carbons (Fsp3) is 0.538. The summed E-state index contributed by atoms with van der Waals surface area (Å²) in [4.78, 5) is 2.37. The molecule has 1 aliphatic rings. The number of likely N-dealkylation sites (N-methyl/N-ethyl adjacent to an activating group) is 1. The van der Waals surface area contributed by atoms with Crippen LogP contribution in [-0.4, -0.2) is 49.8 Å². The van der Waals surface area contributed by atoms with Crippen LogP contribution in [0.4, 0.5) is 0 Å². The zero-order chi connectivity index (χ0) is 15.1. The molecule has 112 valence electrons. The van der Waals surface area contributed by atoms with Gasteiger partial charge in [0, 0.05) is 25.2 Å². The van der Waals surface area contributed by atoms with Gasteiger partial charge in [-0.2, -0.15) is 4.31 Å². The highest BCUT2D eigenvalue weighted by atomic mass is 35.5. The quantitative estimate of drug-likeness (QED) is 0.833. The number of rotatable bonds is 2. The minimum Gasteiger partial charge on any atom is -0.298 e. The molecule has 0 aliphatic carbocycles. The summed E-state index contributed by atoms with van der Waals surface area (Å²) < 4.78 is 26.8. The van der Waals surface area contributed by atoms with Gasteiger partial charge in [0.1, 0.15) is 0 Å². The van der Waals surface area contributed by atoms with E-state index in [9.17, 15) is 8.42 Å². The molecule has 0 amide bonds. The Morgan fingerprint density at radius 2 is 1.65 bits per heavy atom. The zero-order valence-corrected chi connectivity index (χ0v) is 14.0. The number of hydrogen-bond acceptors (Lipinski definition) is 3. The Labute approximate surface area is 130 Å². The Morgan fingerprint density at radius 1 is 1.10 bits per heavy atom. The van der Waals surface area contributed by atoms with Crippen molar-refractivity contribution in [3.63, 3.8) is 0 Å². The molecule has 1 fully saturated rings. The van der Waals surface area contributed by atoms with E-state index in [4.69, 9.17) is 23.2 Å². The van der Waals surface area contributed by atoms with Crippen LogP contribution in [0.1, 0.15) is 13.8 Å². The standard InChI is InChI=1S/C13H18Cl2N2O2S/c1-9-7-17(8-10(2)16(9)3)20(18,19)11-4-5-12(14)13(15)6-11/h4-6,9-10H,7-8H2,1-3H3. The first-order chi connectivity index (χ1) is 9.23. The highest BCUT2D eigenvalue weighted by Crippen LogP contribution is 2.28. The molecule has 0 bridgehead atoms. The Balaban J connectivity index is 2.33. The maximum absolute atomic E-state index is 12.7. The average Bonchev–Trinajstić information content (AvgIpc) is 2.38. The van der Waals surface area contributed by atoms with Crippen LogP contribution in [0.2, 0.25) is 10.0 Å². The lowest BCUT2D eigenvalue weighted by atomic mass is 10.1. The lowest BCUT2D eigenvalue weighted by Gasteiger charge is -2.41. The predicted octanol–water partition coefficient (Wildman–Crippen LogP) is 2.71. The fourth-order valence-electron chi connectivity index (χ4n) is 2.34. The van der Waals surface area contributed by atoms with E-state index in [1.54, 1.807) is 0 Å². The summed E-state index contributed by atoms with van der Waals surface area (Å²) in [6.45, 7) is 4.99. The highest BCUT2D eigenvalue weighted by molar-refractivity contribution is 7.89. The van der Waals surface area contributed by atoms with E-state index in [0.29, 0.717) is 18.1 Å². The second kappa shape index (κ2) is 5.81. The smallest absolute Gasteiger partial charge is 0.243 e. The molecule has 7 heteroatoms. The van der Waals surface area contributed by atoms with Crippen molar-refractivity contribution in [2.24, 2.45) is 0 Å². The van der Waals surface area contributed by atoms with Crippen LogP contribution in [-0.2, 0) is 10.0 Å². The summed E-state index contributed by atoms with van der Waals surface area (Å²) >= 11 is 11.8. The van der Waals surface area contributed by atoms with Crippen molar-refractivity contribution in [3.05, 3.63) is 28.2 Å². The van der Waals surface area contributed by atoms with Crippen molar-refractivity contribution in [2.45, 2.75) is 30.8 Å². The van der Waals surface area contributed by atoms with Crippen LogP contribution in [0.5, 0.6) is 0 Å². The van der Waals surface area contributed by atoms with Crippen LogP contribution in [0, 0.1) is 0 Å². The lowest BCUT2D eigenvalue weighted by Crippen LogP contribution is -2.56. The van der Waals surface area contributed by atoms with Gasteiger partial charge < -0.3 is 0 Å². The van der Waals surface area contributed by atoms with Crippen molar-refractivity contribution in [1.29, 1.82) is 0 Å². The van der Waals surface area contributed by atoms with Gasteiger partial charge in [-0.3, -0.25) is 4.90 Å². The topological polar surface area (TPSA) is 40.6 Å². The molecule has 2 unspecified atom stereocenters. The summed E-state index contributed by atoms with van der Waals surface area (Å²) in [5.41, 5.74) is 0. The number of nitrogens with zero attached hydrogens (tertiary/aromatic N) is 2. The van der Waals surface area contributed by atoms with Gasteiger partial charge >= 0.3 is 0 Å². The molecule has 1 aromatic carbocycles. The van der Waals surface area contributed by atoms with Crippen LogP contribution in [0.15, 0.2) is 23.1 Å². The van der Waals surface area contributed by atoms with E-state index in [2.05, 4.69) is 4.90 Å². The first-order valence-electron chi connectivity index (χ1n) is 6.40. The molecule has 1 heterocycles. The second-order valence-electron chi connectivity index (χ2n) is 5.26. The molecule has 4 nitrogen and oxygen atoms in total. The van der Waals surface area contributed by atoms with E-state index in [-0.39, 0.29) is 22.0 Å². The Hall–Kier alpha value is -0.330. The number of hydrogen-bond donors (Lipinski definition) is 0. The fourth-order valence-corrected chi connectivity index (χ4v) is 4.33. The normalized spacial score (nSPS) is 25.9. The first-order valence-corrected chi connectivity index (χ1v) is 8.60. The number of sulfonamides is 1. The predicted molar refractivity (Wildman–Crippen MR) is 81.9 cm³/mol. The molecule has 0 saturated carbocycles. The molecule has 0 N–H and O–H groups in total. The first kappa shape index (κ1) is 16.0. The van der Waals surface area contributed by atoms with Crippen molar-refractivity contribution in [3.8, 4) is 0 Å². The van der Waals surface area contributed by atoms with E-state index >= 15 is 0 Å². The van der Waals surface area contributed by atoms with Gasteiger partial charge in [0.15, 0.2) is 0 Å². The molecule has 1 aliphatic heterocycles. The third-order valence-corrected chi connectivity index (χ3v) is 6.42. The number of benzene rings is 1. The Kier molecular flexibility index (Phi) is 4.66. The third kappa shape index (κ3) is 2.97. The summed E-state index contributed by atoms with van der Waals surface area (Å²) in [6, 6.07) is 4.77. The van der Waals surface area contributed by atoms with Crippen LogP contribution < -0.4 is 0 Å². The Morgan fingerprint density at radius 3 is 2.15 bits per heavy atom. The lowest BCUT2D eigenvalue weighted by molar-refractivity contribution is 0.105.